The molecule has 0 spiro atoms. The Bertz CT molecular complexity index is 886. The van der Waals surface area contributed by atoms with Crippen molar-refractivity contribution >= 4 is 5.91 Å². The van der Waals surface area contributed by atoms with Crippen LogP contribution in [-0.4, -0.2) is 30.5 Å². The van der Waals surface area contributed by atoms with Crippen LogP contribution in [0.3, 0.4) is 0 Å². The smallest absolute Gasteiger partial charge is 0.370 e. The second-order valence-corrected chi connectivity index (χ2v) is 6.37. The minimum atomic E-state index is -4.39. The van der Waals surface area contributed by atoms with Gasteiger partial charge in [-0.1, -0.05) is 12.1 Å². The van der Waals surface area contributed by atoms with Gasteiger partial charge in [-0.2, -0.15) is 18.4 Å². The molecule has 0 N–H and O–H groups in total. The summed E-state index contributed by atoms with van der Waals surface area (Å²) in [6.45, 7) is 2.72. The summed E-state index contributed by atoms with van der Waals surface area (Å²) in [7, 11) is 0. The lowest BCUT2D eigenvalue weighted by atomic mass is 10.0. The highest BCUT2D eigenvalue weighted by Crippen LogP contribution is 2.31. The van der Waals surface area contributed by atoms with Gasteiger partial charge in [0, 0.05) is 12.1 Å². The van der Waals surface area contributed by atoms with E-state index in [9.17, 15) is 18.0 Å². The van der Waals surface area contributed by atoms with Crippen molar-refractivity contribution in [2.75, 3.05) is 19.7 Å². The number of nitrogens with zero attached hydrogens (tertiary/aromatic N) is 2. The third-order valence-electron chi connectivity index (χ3n) is 4.55. The van der Waals surface area contributed by atoms with E-state index < -0.39 is 17.8 Å². The molecule has 1 amide bonds. The minimum absolute atomic E-state index is 0.183. The van der Waals surface area contributed by atoms with Gasteiger partial charge >= 0.3 is 6.18 Å². The number of ether oxygens (including phenoxy) is 1. The molecule has 1 aliphatic rings. The molecule has 0 radical (unpaired) electrons. The summed E-state index contributed by atoms with van der Waals surface area (Å²) in [6, 6.07) is 11.7. The lowest BCUT2D eigenvalue weighted by Crippen LogP contribution is -2.42. The molecule has 0 bridgehead atoms. The minimum Gasteiger partial charge on any atom is -0.370 e. The monoisotopic (exact) mass is 374 g/mol. The Kier molecular flexibility index (Phi) is 5.19. The number of alkyl halides is 3. The summed E-state index contributed by atoms with van der Waals surface area (Å²) >= 11 is 0. The van der Waals surface area contributed by atoms with Crippen LogP contribution in [0.1, 0.15) is 38.7 Å². The molecule has 2 aromatic carbocycles. The molecule has 1 heterocycles. The molecule has 2 aromatic rings. The van der Waals surface area contributed by atoms with Gasteiger partial charge in [-0.05, 0) is 48.4 Å². The Morgan fingerprint density at radius 2 is 1.93 bits per heavy atom. The molecule has 1 atom stereocenters. The van der Waals surface area contributed by atoms with Crippen molar-refractivity contribution in [1.82, 2.24) is 4.90 Å². The molecule has 3 rings (SSSR count). The Morgan fingerprint density at radius 1 is 1.22 bits per heavy atom. The fourth-order valence-corrected chi connectivity index (χ4v) is 3.07. The number of hydrogen-bond acceptors (Lipinski definition) is 3. The van der Waals surface area contributed by atoms with Crippen LogP contribution in [0.15, 0.2) is 42.5 Å². The molecular weight excluding hydrogens is 357 g/mol. The first-order chi connectivity index (χ1) is 12.8. The first kappa shape index (κ1) is 18.9. The van der Waals surface area contributed by atoms with Crippen LogP contribution in [0.5, 0.6) is 0 Å². The quantitative estimate of drug-likeness (QED) is 0.795. The predicted molar refractivity (Wildman–Crippen MR) is 91.9 cm³/mol. The van der Waals surface area contributed by atoms with Gasteiger partial charge in [-0.15, -0.1) is 0 Å². The van der Waals surface area contributed by atoms with Gasteiger partial charge in [0.1, 0.15) is 6.10 Å². The Morgan fingerprint density at radius 3 is 2.52 bits per heavy atom. The molecular formula is C20H17F3N2O2. The Balaban J connectivity index is 1.76. The number of morpholine rings is 1. The third-order valence-corrected chi connectivity index (χ3v) is 4.55. The highest BCUT2D eigenvalue weighted by molar-refractivity contribution is 5.95. The maximum atomic E-state index is 12.8. The molecule has 140 valence electrons. The average molecular weight is 374 g/mol. The van der Waals surface area contributed by atoms with Gasteiger partial charge in [-0.3, -0.25) is 4.79 Å². The molecule has 1 aliphatic heterocycles. The van der Waals surface area contributed by atoms with E-state index in [0.29, 0.717) is 35.4 Å². The van der Waals surface area contributed by atoms with E-state index in [1.54, 1.807) is 30.0 Å². The van der Waals surface area contributed by atoms with E-state index in [2.05, 4.69) is 0 Å². The first-order valence-corrected chi connectivity index (χ1v) is 8.38. The van der Waals surface area contributed by atoms with E-state index in [0.717, 1.165) is 12.1 Å². The molecule has 27 heavy (non-hydrogen) atoms. The van der Waals surface area contributed by atoms with Crippen LogP contribution in [0.25, 0.3) is 0 Å². The summed E-state index contributed by atoms with van der Waals surface area (Å²) in [5.41, 5.74) is 1.56. The number of rotatable bonds is 2. The first-order valence-electron chi connectivity index (χ1n) is 8.38. The number of halogens is 3. The second-order valence-electron chi connectivity index (χ2n) is 6.37. The highest BCUT2D eigenvalue weighted by atomic mass is 19.4. The Hall–Kier alpha value is -2.85. The van der Waals surface area contributed by atoms with Crippen molar-refractivity contribution in [1.29, 1.82) is 5.26 Å². The van der Waals surface area contributed by atoms with Gasteiger partial charge in [0.2, 0.25) is 0 Å². The predicted octanol–water partition coefficient (Wildman–Crippen LogP) is 4.10. The van der Waals surface area contributed by atoms with Crippen LogP contribution in [0, 0.1) is 18.3 Å². The number of hydrogen-bond donors (Lipinski definition) is 0. The summed E-state index contributed by atoms with van der Waals surface area (Å²) in [5.74, 6) is -0.183. The number of aryl methyl sites for hydroxylation is 1. The van der Waals surface area contributed by atoms with E-state index in [-0.39, 0.29) is 12.5 Å². The standard InChI is InChI=1S/C20H17F3N2O2/c1-13-10-14(11-24)2-7-17(13)19(26)25-8-9-27-18(12-25)15-3-5-16(6-4-15)20(21,22)23/h2-7,10,18H,8-9,12H2,1H3. The van der Waals surface area contributed by atoms with Crippen molar-refractivity contribution in [2.24, 2.45) is 0 Å². The van der Waals surface area contributed by atoms with Gasteiger partial charge in [0.15, 0.2) is 0 Å². The van der Waals surface area contributed by atoms with Crippen molar-refractivity contribution in [3.05, 3.63) is 70.3 Å². The molecule has 1 fully saturated rings. The van der Waals surface area contributed by atoms with E-state index in [4.69, 9.17) is 10.00 Å². The van der Waals surface area contributed by atoms with Crippen LogP contribution in [-0.2, 0) is 10.9 Å². The summed E-state index contributed by atoms with van der Waals surface area (Å²) in [5, 5.41) is 8.94. The van der Waals surface area contributed by atoms with Crippen LogP contribution < -0.4 is 0 Å². The summed E-state index contributed by atoms with van der Waals surface area (Å²) in [4.78, 5) is 14.4. The van der Waals surface area contributed by atoms with Crippen LogP contribution in [0.4, 0.5) is 13.2 Å². The van der Waals surface area contributed by atoms with Crippen molar-refractivity contribution in [3.8, 4) is 6.07 Å². The maximum Gasteiger partial charge on any atom is 0.416 e. The van der Waals surface area contributed by atoms with Gasteiger partial charge in [0.25, 0.3) is 5.91 Å². The van der Waals surface area contributed by atoms with Gasteiger partial charge in [0.05, 0.1) is 30.3 Å². The molecule has 1 unspecified atom stereocenters. The SMILES string of the molecule is Cc1cc(C#N)ccc1C(=O)N1CCOC(c2ccc(C(F)(F)F)cc2)C1. The topological polar surface area (TPSA) is 53.3 Å². The molecule has 4 nitrogen and oxygen atoms in total. The zero-order valence-corrected chi connectivity index (χ0v) is 14.6. The Labute approximate surface area is 154 Å². The fraction of sp³-hybridized carbons (Fsp3) is 0.300. The normalized spacial score (nSPS) is 17.4. The maximum absolute atomic E-state index is 12.8. The van der Waals surface area contributed by atoms with E-state index >= 15 is 0 Å². The number of benzene rings is 2. The van der Waals surface area contributed by atoms with Crippen molar-refractivity contribution < 1.29 is 22.7 Å². The molecule has 0 saturated carbocycles. The number of carbonyl (C=O) groups excluding carboxylic acids is 1. The van der Waals surface area contributed by atoms with Crippen molar-refractivity contribution in [3.63, 3.8) is 0 Å². The third kappa shape index (κ3) is 4.12. The average Bonchev–Trinajstić information content (AvgIpc) is 2.67. The lowest BCUT2D eigenvalue weighted by molar-refractivity contribution is -0.137. The largest absolute Gasteiger partial charge is 0.416 e. The zero-order chi connectivity index (χ0) is 19.6. The van der Waals surface area contributed by atoms with Gasteiger partial charge < -0.3 is 9.64 Å². The molecule has 0 aliphatic carbocycles. The summed E-state index contributed by atoms with van der Waals surface area (Å²) < 4.78 is 43.8. The van der Waals surface area contributed by atoms with E-state index in [1.807, 2.05) is 6.07 Å². The fourth-order valence-electron chi connectivity index (χ4n) is 3.07. The van der Waals surface area contributed by atoms with Crippen molar-refractivity contribution in [2.45, 2.75) is 19.2 Å². The highest BCUT2D eigenvalue weighted by Gasteiger charge is 2.31. The molecule has 1 saturated heterocycles. The second kappa shape index (κ2) is 7.41. The number of amides is 1. The zero-order valence-electron chi connectivity index (χ0n) is 14.6. The summed E-state index contributed by atoms with van der Waals surface area (Å²) in [6.07, 6.45) is -4.87. The number of carbonyl (C=O) groups is 1. The van der Waals surface area contributed by atoms with Crippen LogP contribution >= 0.6 is 0 Å². The molecule has 0 aromatic heterocycles. The number of nitriles is 1. The van der Waals surface area contributed by atoms with Gasteiger partial charge in [-0.25, -0.2) is 0 Å². The lowest BCUT2D eigenvalue weighted by Gasteiger charge is -2.33. The van der Waals surface area contributed by atoms with Crippen LogP contribution in [0.2, 0.25) is 0 Å². The molecule has 7 heteroatoms. The van der Waals surface area contributed by atoms with E-state index in [1.165, 1.54) is 12.1 Å².